The molecule has 3 aromatic rings. The van der Waals surface area contributed by atoms with Gasteiger partial charge in [0.15, 0.2) is 0 Å². The number of fused-ring (bicyclic) bond motifs is 1. The van der Waals surface area contributed by atoms with E-state index >= 15 is 0 Å². The molecular weight excluding hydrogens is 304 g/mol. The van der Waals surface area contributed by atoms with Crippen LogP contribution in [0.15, 0.2) is 59.5 Å². The molecule has 0 amide bonds. The number of benzene rings is 2. The molecular formula is C15H11BrN2O. The molecule has 0 aliphatic rings. The van der Waals surface area contributed by atoms with Crippen molar-refractivity contribution in [3.63, 3.8) is 0 Å². The van der Waals surface area contributed by atoms with E-state index in [4.69, 9.17) is 4.74 Å². The lowest BCUT2D eigenvalue weighted by molar-refractivity contribution is 0.304. The smallest absolute Gasteiger partial charge is 0.136 e. The molecule has 0 N–H and O–H groups in total. The van der Waals surface area contributed by atoms with Crippen molar-refractivity contribution in [1.29, 1.82) is 0 Å². The van der Waals surface area contributed by atoms with Crippen molar-refractivity contribution in [2.45, 2.75) is 6.61 Å². The highest BCUT2D eigenvalue weighted by Gasteiger charge is 2.05. The molecule has 0 unspecified atom stereocenters. The third kappa shape index (κ3) is 2.74. The van der Waals surface area contributed by atoms with E-state index < -0.39 is 0 Å². The average molecular weight is 315 g/mol. The van der Waals surface area contributed by atoms with Crippen molar-refractivity contribution in [1.82, 2.24) is 9.97 Å². The molecule has 0 saturated carbocycles. The van der Waals surface area contributed by atoms with Crippen LogP contribution in [0.5, 0.6) is 5.75 Å². The van der Waals surface area contributed by atoms with Crippen molar-refractivity contribution in [2.75, 3.05) is 0 Å². The monoisotopic (exact) mass is 314 g/mol. The fourth-order valence-electron chi connectivity index (χ4n) is 1.83. The second-order valence-corrected chi connectivity index (χ2v) is 4.99. The number of hydrogen-bond donors (Lipinski definition) is 0. The Morgan fingerprint density at radius 3 is 2.79 bits per heavy atom. The Labute approximate surface area is 119 Å². The Morgan fingerprint density at radius 2 is 1.95 bits per heavy atom. The number of nitrogens with zero attached hydrogens (tertiary/aromatic N) is 2. The largest absolute Gasteiger partial charge is 0.488 e. The highest BCUT2D eigenvalue weighted by molar-refractivity contribution is 9.10. The van der Waals surface area contributed by atoms with Crippen LogP contribution >= 0.6 is 15.9 Å². The Morgan fingerprint density at radius 1 is 1.11 bits per heavy atom. The molecule has 0 spiro atoms. The van der Waals surface area contributed by atoms with Crippen LogP contribution in [0, 0.1) is 0 Å². The number of hydrogen-bond acceptors (Lipinski definition) is 3. The summed E-state index contributed by atoms with van der Waals surface area (Å²) in [7, 11) is 0. The van der Waals surface area contributed by atoms with Gasteiger partial charge in [0.05, 0.1) is 9.99 Å². The predicted octanol–water partition coefficient (Wildman–Crippen LogP) is 3.97. The van der Waals surface area contributed by atoms with E-state index in [-0.39, 0.29) is 0 Å². The lowest BCUT2D eigenvalue weighted by Crippen LogP contribution is -1.96. The second-order valence-electron chi connectivity index (χ2n) is 4.14. The Balaban J connectivity index is 1.86. The lowest BCUT2D eigenvalue weighted by Gasteiger charge is -2.09. The number of aromatic nitrogens is 2. The van der Waals surface area contributed by atoms with Crippen LogP contribution < -0.4 is 4.74 Å². The molecule has 0 aliphatic heterocycles. The maximum Gasteiger partial charge on any atom is 0.136 e. The summed E-state index contributed by atoms with van der Waals surface area (Å²) in [6.45, 7) is 0.538. The van der Waals surface area contributed by atoms with Gasteiger partial charge >= 0.3 is 0 Å². The highest BCUT2D eigenvalue weighted by Crippen LogP contribution is 2.29. The zero-order chi connectivity index (χ0) is 13.1. The lowest BCUT2D eigenvalue weighted by atomic mass is 10.2. The van der Waals surface area contributed by atoms with E-state index in [1.165, 1.54) is 6.33 Å². The Kier molecular flexibility index (Phi) is 3.42. The van der Waals surface area contributed by atoms with Gasteiger partial charge in [-0.15, -0.1) is 0 Å². The number of ether oxygens (including phenoxy) is 1. The molecule has 94 valence electrons. The summed E-state index contributed by atoms with van der Waals surface area (Å²) in [5.74, 6) is 0.787. The van der Waals surface area contributed by atoms with Crippen molar-refractivity contribution in [3.05, 3.63) is 65.0 Å². The first kappa shape index (κ1) is 12.1. The molecule has 0 fully saturated rings. The molecule has 4 heteroatoms. The predicted molar refractivity (Wildman–Crippen MR) is 78.0 cm³/mol. The molecule has 0 aliphatic carbocycles. The minimum absolute atomic E-state index is 0.538. The first-order chi connectivity index (χ1) is 9.33. The van der Waals surface area contributed by atoms with Crippen LogP contribution in [-0.4, -0.2) is 9.97 Å². The van der Waals surface area contributed by atoms with Gasteiger partial charge in [-0.05, 0) is 27.6 Å². The fraction of sp³-hybridized carbons (Fsp3) is 0.0667. The van der Waals surface area contributed by atoms with Gasteiger partial charge in [0.2, 0.25) is 0 Å². The highest BCUT2D eigenvalue weighted by atomic mass is 79.9. The van der Waals surface area contributed by atoms with Gasteiger partial charge in [0.25, 0.3) is 0 Å². The average Bonchev–Trinajstić information content (AvgIpc) is 2.46. The van der Waals surface area contributed by atoms with Gasteiger partial charge < -0.3 is 4.74 Å². The van der Waals surface area contributed by atoms with Crippen LogP contribution in [0.3, 0.4) is 0 Å². The molecule has 0 radical (unpaired) electrons. The summed E-state index contributed by atoms with van der Waals surface area (Å²) >= 11 is 3.51. The molecule has 19 heavy (non-hydrogen) atoms. The van der Waals surface area contributed by atoms with Gasteiger partial charge in [-0.1, -0.05) is 30.3 Å². The van der Waals surface area contributed by atoms with Gasteiger partial charge in [-0.2, -0.15) is 0 Å². The van der Waals surface area contributed by atoms with Gasteiger partial charge in [0.1, 0.15) is 18.7 Å². The SMILES string of the molecule is Brc1cc2cncnc2cc1OCc1ccccc1. The molecule has 1 heterocycles. The summed E-state index contributed by atoms with van der Waals surface area (Å²) < 4.78 is 6.73. The van der Waals surface area contributed by atoms with Crippen molar-refractivity contribution >= 4 is 26.8 Å². The number of rotatable bonds is 3. The van der Waals surface area contributed by atoms with Crippen LogP contribution in [0.1, 0.15) is 5.56 Å². The molecule has 2 aromatic carbocycles. The van der Waals surface area contributed by atoms with Crippen molar-refractivity contribution in [2.24, 2.45) is 0 Å². The second kappa shape index (κ2) is 5.36. The van der Waals surface area contributed by atoms with Gasteiger partial charge in [-0.3, -0.25) is 0 Å². The summed E-state index contributed by atoms with van der Waals surface area (Å²) in [6, 6.07) is 14.0. The first-order valence-corrected chi connectivity index (χ1v) is 6.68. The number of halogens is 1. The maximum absolute atomic E-state index is 5.82. The minimum atomic E-state index is 0.538. The maximum atomic E-state index is 5.82. The summed E-state index contributed by atoms with van der Waals surface area (Å²) in [5.41, 5.74) is 2.01. The molecule has 3 rings (SSSR count). The van der Waals surface area contributed by atoms with Crippen LogP contribution in [0.4, 0.5) is 0 Å². The molecule has 0 bridgehead atoms. The van der Waals surface area contributed by atoms with E-state index in [0.717, 1.165) is 26.7 Å². The van der Waals surface area contributed by atoms with Gasteiger partial charge in [0, 0.05) is 17.6 Å². The van der Waals surface area contributed by atoms with Crippen molar-refractivity contribution < 1.29 is 4.74 Å². The zero-order valence-electron chi connectivity index (χ0n) is 10.1. The third-order valence-electron chi connectivity index (χ3n) is 2.80. The summed E-state index contributed by atoms with van der Waals surface area (Å²) in [4.78, 5) is 8.23. The topological polar surface area (TPSA) is 35.0 Å². The van der Waals surface area contributed by atoms with Crippen LogP contribution in [0.25, 0.3) is 10.9 Å². The quantitative estimate of drug-likeness (QED) is 0.733. The molecule has 3 nitrogen and oxygen atoms in total. The van der Waals surface area contributed by atoms with E-state index in [1.54, 1.807) is 6.20 Å². The zero-order valence-corrected chi connectivity index (χ0v) is 11.7. The Bertz CT molecular complexity index is 701. The third-order valence-corrected chi connectivity index (χ3v) is 3.42. The van der Waals surface area contributed by atoms with Crippen LogP contribution in [-0.2, 0) is 6.61 Å². The molecule has 0 saturated heterocycles. The summed E-state index contributed by atoms with van der Waals surface area (Å²) in [5, 5.41) is 0.987. The van der Waals surface area contributed by atoms with E-state index in [2.05, 4.69) is 25.9 Å². The van der Waals surface area contributed by atoms with Crippen molar-refractivity contribution in [3.8, 4) is 5.75 Å². The summed E-state index contributed by atoms with van der Waals surface area (Å²) in [6.07, 6.45) is 3.32. The molecule has 0 atom stereocenters. The Hall–Kier alpha value is -1.94. The van der Waals surface area contributed by atoms with E-state index in [9.17, 15) is 0 Å². The van der Waals surface area contributed by atoms with Gasteiger partial charge in [-0.25, -0.2) is 9.97 Å². The van der Waals surface area contributed by atoms with Crippen LogP contribution in [0.2, 0.25) is 0 Å². The molecule has 1 aromatic heterocycles. The first-order valence-electron chi connectivity index (χ1n) is 5.89. The fourth-order valence-corrected chi connectivity index (χ4v) is 2.30. The normalized spacial score (nSPS) is 10.6. The van der Waals surface area contributed by atoms with E-state index in [1.807, 2.05) is 42.5 Å². The standard InChI is InChI=1S/C15H11BrN2O/c16-13-6-12-8-17-10-18-14(12)7-15(13)19-9-11-4-2-1-3-5-11/h1-8,10H,9H2. The minimum Gasteiger partial charge on any atom is -0.488 e. The van der Waals surface area contributed by atoms with E-state index in [0.29, 0.717) is 6.61 Å².